The van der Waals surface area contributed by atoms with Crippen LogP contribution in [0.5, 0.6) is 0 Å². The molecule has 0 radical (unpaired) electrons. The minimum absolute atomic E-state index is 0.238. The van der Waals surface area contributed by atoms with E-state index < -0.39 is 5.97 Å². The fourth-order valence-electron chi connectivity index (χ4n) is 1.68. The van der Waals surface area contributed by atoms with E-state index in [2.05, 4.69) is 0 Å². The van der Waals surface area contributed by atoms with Crippen LogP contribution in [0.4, 0.5) is 0 Å². The third-order valence-corrected chi connectivity index (χ3v) is 2.48. The molecule has 0 unspecified atom stereocenters. The summed E-state index contributed by atoms with van der Waals surface area (Å²) in [6.45, 7) is 2.43. The Bertz CT molecular complexity index is 162. The maximum Gasteiger partial charge on any atom is 0.283 e. The van der Waals surface area contributed by atoms with Crippen molar-refractivity contribution >= 4 is 0 Å². The molecule has 0 aromatic rings. The summed E-state index contributed by atoms with van der Waals surface area (Å²) in [5, 5.41) is 8.42. The Labute approximate surface area is 82.9 Å². The molecule has 0 aromatic carbocycles. The molecule has 3 fully saturated rings. The minimum atomic E-state index is -0.826. The monoisotopic (exact) mass is 204 g/mol. The molecule has 0 spiro atoms. The van der Waals surface area contributed by atoms with E-state index in [1.807, 2.05) is 0 Å². The van der Waals surface area contributed by atoms with E-state index >= 15 is 0 Å². The van der Waals surface area contributed by atoms with Gasteiger partial charge in [0.1, 0.15) is 6.79 Å². The molecule has 14 heavy (non-hydrogen) atoms. The molecule has 0 atom stereocenters. The summed E-state index contributed by atoms with van der Waals surface area (Å²) >= 11 is 0. The van der Waals surface area contributed by atoms with E-state index in [-0.39, 0.29) is 6.79 Å². The highest BCUT2D eigenvalue weighted by atomic mass is 16.9. The molecule has 0 aliphatic carbocycles. The van der Waals surface area contributed by atoms with E-state index in [1.165, 1.54) is 0 Å². The van der Waals surface area contributed by atoms with Gasteiger partial charge in [0.15, 0.2) is 0 Å². The zero-order chi connectivity index (χ0) is 9.86. The second kappa shape index (κ2) is 4.55. The zero-order valence-corrected chi connectivity index (χ0v) is 8.11. The number of fused-ring (bicyclic) bond motifs is 3. The smallest absolute Gasteiger partial charge is 0.283 e. The van der Waals surface area contributed by atoms with Crippen molar-refractivity contribution in [2.45, 2.75) is 18.8 Å². The van der Waals surface area contributed by atoms with Gasteiger partial charge in [-0.2, -0.15) is 0 Å². The van der Waals surface area contributed by atoms with E-state index in [4.69, 9.17) is 24.1 Å². The quantitative estimate of drug-likeness (QED) is 0.507. The fourth-order valence-corrected chi connectivity index (χ4v) is 1.68. The summed E-state index contributed by atoms with van der Waals surface area (Å²) in [4.78, 5) is 0. The summed E-state index contributed by atoms with van der Waals surface area (Å²) in [5.41, 5.74) is 0. The normalized spacial score (nSPS) is 36.2. The molecular weight excluding hydrogens is 188 g/mol. The molecule has 3 heterocycles. The molecule has 3 aliphatic heterocycles. The first-order valence-corrected chi connectivity index (χ1v) is 4.95. The fraction of sp³-hybridized carbons (Fsp3) is 1.00. The molecule has 0 saturated carbocycles. The minimum Gasteiger partial charge on any atom is -0.371 e. The summed E-state index contributed by atoms with van der Waals surface area (Å²) in [5.74, 6) is -0.432. The number of rotatable bonds is 5. The van der Waals surface area contributed by atoms with Gasteiger partial charge < -0.3 is 24.1 Å². The van der Waals surface area contributed by atoms with Crippen LogP contribution in [0.25, 0.3) is 0 Å². The van der Waals surface area contributed by atoms with Gasteiger partial charge in [-0.1, -0.05) is 0 Å². The third kappa shape index (κ3) is 2.24. The van der Waals surface area contributed by atoms with Crippen molar-refractivity contribution in [1.82, 2.24) is 0 Å². The molecular formula is C9H16O5. The highest BCUT2D eigenvalue weighted by Crippen LogP contribution is 2.33. The topological polar surface area (TPSA) is 57.2 Å². The molecule has 3 aliphatic rings. The van der Waals surface area contributed by atoms with Gasteiger partial charge in [0.25, 0.3) is 5.97 Å². The Morgan fingerprint density at radius 2 is 1.86 bits per heavy atom. The van der Waals surface area contributed by atoms with Crippen molar-refractivity contribution in [3.05, 3.63) is 0 Å². The second-order valence-corrected chi connectivity index (χ2v) is 3.62. The van der Waals surface area contributed by atoms with Crippen LogP contribution in [0.15, 0.2) is 0 Å². The second-order valence-electron chi connectivity index (χ2n) is 3.62. The first-order chi connectivity index (χ1) is 6.85. The molecule has 1 N–H and O–H groups in total. The maximum atomic E-state index is 8.42. The van der Waals surface area contributed by atoms with Crippen LogP contribution in [0.1, 0.15) is 12.8 Å². The van der Waals surface area contributed by atoms with Crippen molar-refractivity contribution < 1.29 is 24.1 Å². The van der Waals surface area contributed by atoms with E-state index in [0.29, 0.717) is 18.9 Å². The lowest BCUT2D eigenvalue weighted by atomic mass is 10.1. The standard InChI is InChI=1S/C9H16O5/c10-7-11-3-1-2-9-12-4-8(5-13-9)6-14-9/h8,10H,1-7H2. The molecule has 0 amide bonds. The van der Waals surface area contributed by atoms with Crippen LogP contribution in [0, 0.1) is 5.92 Å². The highest BCUT2D eigenvalue weighted by Gasteiger charge is 2.43. The average molecular weight is 204 g/mol. The molecule has 82 valence electrons. The zero-order valence-electron chi connectivity index (χ0n) is 8.11. The number of aliphatic hydroxyl groups excluding tert-OH is 1. The number of hydrogen-bond acceptors (Lipinski definition) is 5. The Kier molecular flexibility index (Phi) is 3.35. The predicted molar refractivity (Wildman–Crippen MR) is 46.3 cm³/mol. The first kappa shape index (κ1) is 10.3. The first-order valence-electron chi connectivity index (χ1n) is 4.95. The summed E-state index contributed by atoms with van der Waals surface area (Å²) in [7, 11) is 0. The van der Waals surface area contributed by atoms with Crippen molar-refractivity contribution in [2.24, 2.45) is 5.92 Å². The average Bonchev–Trinajstić information content (AvgIpc) is 2.27. The highest BCUT2D eigenvalue weighted by molar-refractivity contribution is 4.74. The lowest BCUT2D eigenvalue weighted by molar-refractivity contribution is -0.450. The van der Waals surface area contributed by atoms with Crippen LogP contribution in [0.2, 0.25) is 0 Å². The lowest BCUT2D eigenvalue weighted by Gasteiger charge is -2.45. The van der Waals surface area contributed by atoms with E-state index in [1.54, 1.807) is 0 Å². The van der Waals surface area contributed by atoms with Crippen molar-refractivity contribution in [3.8, 4) is 0 Å². The lowest BCUT2D eigenvalue weighted by Crippen LogP contribution is -2.53. The van der Waals surface area contributed by atoms with Crippen molar-refractivity contribution in [3.63, 3.8) is 0 Å². The van der Waals surface area contributed by atoms with Gasteiger partial charge in [0.05, 0.1) is 19.8 Å². The van der Waals surface area contributed by atoms with E-state index in [9.17, 15) is 0 Å². The van der Waals surface area contributed by atoms with Crippen LogP contribution in [-0.2, 0) is 18.9 Å². The van der Waals surface area contributed by atoms with Gasteiger partial charge >= 0.3 is 0 Å². The van der Waals surface area contributed by atoms with Crippen LogP contribution in [0.3, 0.4) is 0 Å². The van der Waals surface area contributed by atoms with Gasteiger partial charge in [-0.25, -0.2) is 0 Å². The van der Waals surface area contributed by atoms with Crippen LogP contribution in [-0.4, -0.2) is 44.3 Å². The van der Waals surface area contributed by atoms with Gasteiger partial charge in [-0.3, -0.25) is 0 Å². The number of ether oxygens (including phenoxy) is 4. The molecule has 3 rings (SSSR count). The van der Waals surface area contributed by atoms with Crippen molar-refractivity contribution in [1.29, 1.82) is 0 Å². The molecule has 2 bridgehead atoms. The Morgan fingerprint density at radius 3 is 2.43 bits per heavy atom. The SMILES string of the molecule is OCOCCCC12OCC(CO1)CO2. The number of hydrogen-bond donors (Lipinski definition) is 1. The number of aliphatic hydroxyl groups is 1. The van der Waals surface area contributed by atoms with Gasteiger partial charge in [0.2, 0.25) is 0 Å². The molecule has 5 nitrogen and oxygen atoms in total. The molecule has 0 aromatic heterocycles. The predicted octanol–water partition coefficient (Wildman–Crippen LogP) is 0.0800. The maximum absolute atomic E-state index is 8.42. The summed E-state index contributed by atoms with van der Waals surface area (Å²) in [6.07, 6.45) is 1.41. The van der Waals surface area contributed by atoms with Crippen molar-refractivity contribution in [2.75, 3.05) is 33.2 Å². The van der Waals surface area contributed by atoms with E-state index in [0.717, 1.165) is 26.2 Å². The van der Waals surface area contributed by atoms with Gasteiger partial charge in [0, 0.05) is 18.9 Å². The molecule has 5 heteroatoms. The Morgan fingerprint density at radius 1 is 1.21 bits per heavy atom. The van der Waals surface area contributed by atoms with Gasteiger partial charge in [-0.05, 0) is 6.42 Å². The largest absolute Gasteiger partial charge is 0.371 e. The Balaban J connectivity index is 1.72. The summed E-state index contributed by atoms with van der Waals surface area (Å²) in [6, 6.07) is 0. The molecule has 3 saturated heterocycles. The third-order valence-electron chi connectivity index (χ3n) is 2.48. The van der Waals surface area contributed by atoms with Crippen LogP contribution < -0.4 is 0 Å². The summed E-state index contributed by atoms with van der Waals surface area (Å²) < 4.78 is 21.3. The van der Waals surface area contributed by atoms with Crippen LogP contribution >= 0.6 is 0 Å². The van der Waals surface area contributed by atoms with Gasteiger partial charge in [-0.15, -0.1) is 0 Å². The Hall–Kier alpha value is -0.200.